The number of hydrogen-bond acceptors (Lipinski definition) is 3. The summed E-state index contributed by atoms with van der Waals surface area (Å²) in [5.41, 5.74) is 0. The fourth-order valence-corrected chi connectivity index (χ4v) is 3.04. The summed E-state index contributed by atoms with van der Waals surface area (Å²) >= 11 is 0. The molecule has 1 N–H and O–H groups in total. The first-order valence-electron chi connectivity index (χ1n) is 8.23. The van der Waals surface area contributed by atoms with Gasteiger partial charge in [-0.3, -0.25) is 0 Å². The molecule has 0 aliphatic heterocycles. The second-order valence-corrected chi connectivity index (χ2v) is 19.3. The maximum atomic E-state index is 12.0. The first-order valence-corrected chi connectivity index (χ1v) is 15.6. The molecule has 0 saturated carbocycles. The minimum absolute atomic E-state index is 0.122. The van der Waals surface area contributed by atoms with Crippen molar-refractivity contribution in [2.45, 2.75) is 58.3 Å². The van der Waals surface area contributed by atoms with E-state index in [0.717, 1.165) is 25.3 Å². The van der Waals surface area contributed by atoms with Gasteiger partial charge in [-0.2, -0.15) is 0 Å². The normalized spacial score (nSPS) is 12.3. The molecule has 0 aliphatic carbocycles. The molecule has 0 saturated heterocycles. The molecule has 5 nitrogen and oxygen atoms in total. The van der Waals surface area contributed by atoms with Crippen molar-refractivity contribution >= 4 is 22.2 Å². The van der Waals surface area contributed by atoms with Crippen molar-refractivity contribution in [3.63, 3.8) is 0 Å². The van der Waals surface area contributed by atoms with Gasteiger partial charge in [0.1, 0.15) is 13.5 Å². The number of rotatable bonds is 11. The van der Waals surface area contributed by atoms with Crippen molar-refractivity contribution in [3.05, 3.63) is 0 Å². The summed E-state index contributed by atoms with van der Waals surface area (Å²) in [6.07, 6.45) is 0. The molecule has 0 radical (unpaired) electrons. The Kier molecular flexibility index (Phi) is 10.2. The van der Waals surface area contributed by atoms with E-state index in [1.807, 2.05) is 6.92 Å². The first-order chi connectivity index (χ1) is 10.0. The zero-order chi connectivity index (χ0) is 17.2. The van der Waals surface area contributed by atoms with Gasteiger partial charge in [-0.05, 0) is 19.0 Å². The highest BCUT2D eigenvalue weighted by Crippen LogP contribution is 2.08. The molecule has 0 unspecified atom stereocenters. The highest BCUT2D eigenvalue weighted by Gasteiger charge is 2.15. The lowest BCUT2D eigenvalue weighted by Crippen LogP contribution is -2.42. The molecule has 0 aliphatic rings. The molecule has 2 amide bonds. The lowest BCUT2D eigenvalue weighted by Gasteiger charge is -2.23. The lowest BCUT2D eigenvalue weighted by atomic mass is 10.6. The van der Waals surface area contributed by atoms with Crippen molar-refractivity contribution in [2.24, 2.45) is 0 Å². The van der Waals surface area contributed by atoms with Crippen LogP contribution < -0.4 is 5.32 Å². The third kappa shape index (κ3) is 13.3. The number of nitrogens with one attached hydrogen (secondary N) is 1. The van der Waals surface area contributed by atoms with Crippen LogP contribution in [0.2, 0.25) is 51.4 Å². The SMILES string of the molecule is CCN(COCC[Si](C)(C)C)C(=O)NCOCC[Si](C)(C)C. The number of ether oxygens (including phenoxy) is 2. The van der Waals surface area contributed by atoms with Crippen LogP contribution >= 0.6 is 0 Å². The number of urea groups is 1. The Labute approximate surface area is 138 Å². The zero-order valence-electron chi connectivity index (χ0n) is 15.6. The van der Waals surface area contributed by atoms with E-state index in [9.17, 15) is 4.79 Å². The van der Waals surface area contributed by atoms with Crippen LogP contribution in [0.4, 0.5) is 4.79 Å². The maximum absolute atomic E-state index is 12.0. The van der Waals surface area contributed by atoms with Crippen molar-refractivity contribution in [1.29, 1.82) is 0 Å². The van der Waals surface area contributed by atoms with Crippen LogP contribution in [0, 0.1) is 0 Å². The van der Waals surface area contributed by atoms with Crippen LogP contribution in [0.5, 0.6) is 0 Å². The number of amides is 2. The third-order valence-electron chi connectivity index (χ3n) is 3.23. The molecular weight excluding hydrogens is 312 g/mol. The van der Waals surface area contributed by atoms with Crippen LogP contribution in [0.1, 0.15) is 6.92 Å². The fourth-order valence-electron chi connectivity index (χ4n) is 1.52. The summed E-state index contributed by atoms with van der Waals surface area (Å²) in [4.78, 5) is 13.7. The molecule has 0 aromatic heterocycles. The van der Waals surface area contributed by atoms with E-state index in [4.69, 9.17) is 9.47 Å². The second-order valence-electron chi connectivity index (χ2n) is 8.05. The van der Waals surface area contributed by atoms with E-state index in [1.165, 1.54) is 0 Å². The smallest absolute Gasteiger partial charge is 0.321 e. The lowest BCUT2D eigenvalue weighted by molar-refractivity contribution is 0.0515. The number of carbonyl (C=O) groups is 1. The Bertz CT molecular complexity index is 315. The van der Waals surface area contributed by atoms with Gasteiger partial charge in [-0.15, -0.1) is 0 Å². The molecule has 0 bridgehead atoms. The summed E-state index contributed by atoms with van der Waals surface area (Å²) in [5.74, 6) is 0. The monoisotopic (exact) mass is 348 g/mol. The Balaban J connectivity index is 3.81. The molecule has 0 aromatic carbocycles. The molecule has 0 aromatic rings. The predicted molar refractivity (Wildman–Crippen MR) is 98.9 cm³/mol. The van der Waals surface area contributed by atoms with Crippen molar-refractivity contribution in [1.82, 2.24) is 10.2 Å². The minimum Gasteiger partial charge on any atom is -0.361 e. The molecular formula is C15H36N2O3Si2. The van der Waals surface area contributed by atoms with Crippen LogP contribution in [0.15, 0.2) is 0 Å². The third-order valence-corrected chi connectivity index (χ3v) is 6.64. The van der Waals surface area contributed by atoms with Gasteiger partial charge in [0.05, 0.1) is 0 Å². The van der Waals surface area contributed by atoms with Gasteiger partial charge in [0.15, 0.2) is 0 Å². The van der Waals surface area contributed by atoms with E-state index in [2.05, 4.69) is 44.6 Å². The van der Waals surface area contributed by atoms with E-state index in [1.54, 1.807) is 4.90 Å². The summed E-state index contributed by atoms with van der Waals surface area (Å²) in [6.45, 7) is 18.5. The average molecular weight is 349 g/mol. The molecule has 132 valence electrons. The summed E-state index contributed by atoms with van der Waals surface area (Å²) in [6, 6.07) is 2.11. The van der Waals surface area contributed by atoms with Gasteiger partial charge in [0, 0.05) is 35.9 Å². The predicted octanol–water partition coefficient (Wildman–Crippen LogP) is 3.64. The van der Waals surface area contributed by atoms with E-state index < -0.39 is 16.1 Å². The van der Waals surface area contributed by atoms with E-state index in [0.29, 0.717) is 13.3 Å². The first kappa shape index (κ1) is 21.6. The van der Waals surface area contributed by atoms with Gasteiger partial charge in [0.25, 0.3) is 0 Å². The van der Waals surface area contributed by atoms with E-state index in [-0.39, 0.29) is 12.8 Å². The fraction of sp³-hybridized carbons (Fsp3) is 0.933. The van der Waals surface area contributed by atoms with Gasteiger partial charge in [0.2, 0.25) is 0 Å². The van der Waals surface area contributed by atoms with Crippen molar-refractivity contribution in [3.8, 4) is 0 Å². The standard InChI is InChI=1S/C15H36N2O3Si2/c1-8-17(14-20-10-12-22(5,6)7)15(18)16-13-19-9-11-21(2,3)4/h8-14H2,1-7H3,(H,16,18). The molecule has 0 fully saturated rings. The Morgan fingerprint density at radius 3 is 1.91 bits per heavy atom. The second kappa shape index (κ2) is 10.4. The summed E-state index contributed by atoms with van der Waals surface area (Å²) in [7, 11) is -2.14. The largest absolute Gasteiger partial charge is 0.361 e. The van der Waals surface area contributed by atoms with Gasteiger partial charge in [-0.1, -0.05) is 39.3 Å². The highest BCUT2D eigenvalue weighted by molar-refractivity contribution is 6.76. The molecule has 0 rings (SSSR count). The molecule has 22 heavy (non-hydrogen) atoms. The van der Waals surface area contributed by atoms with Crippen LogP contribution in [0.3, 0.4) is 0 Å². The molecule has 0 heterocycles. The van der Waals surface area contributed by atoms with Crippen LogP contribution in [-0.2, 0) is 9.47 Å². The summed E-state index contributed by atoms with van der Waals surface area (Å²) < 4.78 is 11.1. The van der Waals surface area contributed by atoms with Gasteiger partial charge < -0.3 is 19.7 Å². The Morgan fingerprint density at radius 1 is 0.955 bits per heavy atom. The van der Waals surface area contributed by atoms with Crippen molar-refractivity contribution in [2.75, 3.05) is 33.2 Å². The Morgan fingerprint density at radius 2 is 1.45 bits per heavy atom. The maximum Gasteiger partial charge on any atom is 0.321 e. The van der Waals surface area contributed by atoms with Crippen LogP contribution in [0.25, 0.3) is 0 Å². The molecule has 0 spiro atoms. The Hall–Kier alpha value is -0.376. The van der Waals surface area contributed by atoms with Crippen LogP contribution in [-0.4, -0.2) is 60.3 Å². The highest BCUT2D eigenvalue weighted by atomic mass is 28.3. The molecule has 0 atom stereocenters. The average Bonchev–Trinajstić information content (AvgIpc) is 2.35. The topological polar surface area (TPSA) is 50.8 Å². The molecule has 7 heteroatoms. The minimum atomic E-state index is -1.07. The van der Waals surface area contributed by atoms with E-state index >= 15 is 0 Å². The number of nitrogens with zero attached hydrogens (tertiary/aromatic N) is 1. The van der Waals surface area contributed by atoms with Crippen molar-refractivity contribution < 1.29 is 14.3 Å². The summed E-state index contributed by atoms with van der Waals surface area (Å²) in [5, 5.41) is 2.79. The number of hydrogen-bond donors (Lipinski definition) is 1. The van der Waals surface area contributed by atoms with Gasteiger partial charge in [-0.25, -0.2) is 4.79 Å². The zero-order valence-corrected chi connectivity index (χ0v) is 17.6. The quantitative estimate of drug-likeness (QED) is 0.352. The van der Waals surface area contributed by atoms with Gasteiger partial charge >= 0.3 is 6.03 Å². The number of carbonyl (C=O) groups excluding carboxylic acids is 1.